The van der Waals surface area contributed by atoms with Crippen molar-refractivity contribution in [2.24, 2.45) is 0 Å². The summed E-state index contributed by atoms with van der Waals surface area (Å²) in [6.45, 7) is 29.0. The summed E-state index contributed by atoms with van der Waals surface area (Å²) in [4.78, 5) is 15.1. The third-order valence-electron chi connectivity index (χ3n) is 34.7. The number of rotatable bonds is 10. The van der Waals surface area contributed by atoms with E-state index < -0.39 is 0 Å². The molecule has 0 bridgehead atoms. The Morgan fingerprint density at radius 2 is 0.442 bits per heavy atom. The second-order valence-corrected chi connectivity index (χ2v) is 43.8. The lowest BCUT2D eigenvalue weighted by atomic mass is 9.55. The summed E-state index contributed by atoms with van der Waals surface area (Å²) in [6.07, 6.45) is 0. The van der Waals surface area contributed by atoms with Crippen LogP contribution in [0.4, 0.5) is 0 Å². The van der Waals surface area contributed by atoms with Gasteiger partial charge in [-0.1, -0.05) is 423 Å². The number of nitrogens with zero attached hydrogens (tertiary/aromatic N) is 6. The zero-order valence-corrected chi connectivity index (χ0v) is 85.1. The van der Waals surface area contributed by atoms with E-state index in [0.717, 1.165) is 27.8 Å². The van der Waals surface area contributed by atoms with Crippen molar-refractivity contribution in [1.82, 2.24) is 28.7 Å². The van der Waals surface area contributed by atoms with Gasteiger partial charge in [-0.2, -0.15) is 0 Å². The molecule has 0 N–H and O–H groups in total. The Bertz CT molecular complexity index is 9620. The van der Waals surface area contributed by atoms with Crippen molar-refractivity contribution < 1.29 is 0 Å². The van der Waals surface area contributed by atoms with Gasteiger partial charge in [0.25, 0.3) is 0 Å². The summed E-state index contributed by atoms with van der Waals surface area (Å²) in [7, 11) is 0. The van der Waals surface area contributed by atoms with Crippen LogP contribution in [0.25, 0.3) is 227 Å². The van der Waals surface area contributed by atoms with Gasteiger partial charge >= 0.3 is 0 Å². The molecule has 6 heteroatoms. The van der Waals surface area contributed by atoms with Gasteiger partial charge in [-0.15, -0.1) is 0 Å². The largest absolute Gasteiger partial charge is 0.309 e. The first kappa shape index (κ1) is 89.9. The van der Waals surface area contributed by atoms with Crippen LogP contribution in [0.2, 0.25) is 0 Å². The van der Waals surface area contributed by atoms with Crippen molar-refractivity contribution in [2.75, 3.05) is 0 Å². The van der Waals surface area contributed by atoms with Crippen LogP contribution in [0.1, 0.15) is 116 Å². The van der Waals surface area contributed by atoms with Crippen molar-refractivity contribution in [1.29, 1.82) is 0 Å². The Morgan fingerprint density at radius 1 is 0.150 bits per heavy atom. The minimum absolute atomic E-state index is 0.00293. The molecule has 6 nitrogen and oxygen atoms in total. The Hall–Kier alpha value is -17.2. The van der Waals surface area contributed by atoms with Crippen molar-refractivity contribution in [3.05, 3.63) is 494 Å². The maximum absolute atomic E-state index is 5.09. The van der Waals surface area contributed by atoms with Crippen molar-refractivity contribution in [3.8, 4) is 129 Å². The maximum atomic E-state index is 5.09. The monoisotopic (exact) mass is 1890 g/mol. The second-order valence-electron chi connectivity index (χ2n) is 43.8. The Balaban J connectivity index is 0.000000113. The fourth-order valence-corrected chi connectivity index (χ4v) is 24.6. The molecule has 3 aliphatic carbocycles. The van der Waals surface area contributed by atoms with Gasteiger partial charge in [-0.05, 0) is 297 Å². The van der Waals surface area contributed by atoms with Gasteiger partial charge < -0.3 is 13.7 Å². The molecule has 0 spiro atoms. The van der Waals surface area contributed by atoms with Gasteiger partial charge in [0.2, 0.25) is 0 Å². The van der Waals surface area contributed by atoms with Crippen LogP contribution >= 0.6 is 0 Å². The van der Waals surface area contributed by atoms with Crippen molar-refractivity contribution >= 4 is 97.7 Å². The quantitative estimate of drug-likeness (QED) is 0.137. The predicted octanol–water partition coefficient (Wildman–Crippen LogP) is 37.4. The molecule has 25 aromatic rings. The summed E-state index contributed by atoms with van der Waals surface area (Å²) in [5.74, 6) is 1.95. The molecular formula is C141H112N6. The fraction of sp³-hybridized carbons (Fsp3) is 0.128. The Labute approximate surface area is 859 Å². The molecule has 3 aliphatic rings. The molecule has 0 saturated heterocycles. The highest BCUT2D eigenvalue weighted by Gasteiger charge is 2.50. The summed E-state index contributed by atoms with van der Waals surface area (Å²) in [5.41, 5.74) is 39.8. The van der Waals surface area contributed by atoms with E-state index in [1.165, 1.54) is 215 Å². The molecule has 0 amide bonds. The Morgan fingerprint density at radius 3 is 0.878 bits per heavy atom. The van der Waals surface area contributed by atoms with E-state index in [1.807, 2.05) is 18.2 Å². The predicted molar refractivity (Wildman–Crippen MR) is 621 cm³/mol. The van der Waals surface area contributed by atoms with Crippen LogP contribution in [-0.4, -0.2) is 28.7 Å². The first-order valence-electron chi connectivity index (χ1n) is 51.8. The average Bonchev–Trinajstić information content (AvgIpc) is 1.69. The number of hydrogen-bond donors (Lipinski definition) is 0. The maximum Gasteiger partial charge on any atom is 0.164 e. The lowest BCUT2D eigenvalue weighted by Crippen LogP contribution is -2.43. The molecular weight excluding hydrogens is 1780 g/mol. The molecule has 0 saturated carbocycles. The van der Waals surface area contributed by atoms with E-state index in [1.54, 1.807) is 0 Å². The molecule has 0 radical (unpaired) electrons. The molecule has 706 valence electrons. The smallest absolute Gasteiger partial charge is 0.164 e. The molecule has 0 atom stereocenters. The molecule has 0 fully saturated rings. The third kappa shape index (κ3) is 14.4. The van der Waals surface area contributed by atoms with Crippen molar-refractivity contribution in [2.45, 2.75) is 116 Å². The highest BCUT2D eigenvalue weighted by molar-refractivity contribution is 6.16. The third-order valence-corrected chi connectivity index (χ3v) is 34.7. The minimum atomic E-state index is -0.105. The van der Waals surface area contributed by atoms with Crippen LogP contribution in [-0.2, 0) is 32.5 Å². The van der Waals surface area contributed by atoms with Crippen molar-refractivity contribution in [3.63, 3.8) is 0 Å². The second kappa shape index (κ2) is 34.3. The van der Waals surface area contributed by atoms with Crippen LogP contribution in [0.15, 0.2) is 461 Å². The van der Waals surface area contributed by atoms with E-state index in [4.69, 9.17) is 15.0 Å². The highest BCUT2D eigenvalue weighted by atomic mass is 15.0. The van der Waals surface area contributed by atoms with Gasteiger partial charge in [-0.25, -0.2) is 15.0 Å². The van der Waals surface area contributed by atoms with Gasteiger partial charge in [-0.3, -0.25) is 0 Å². The molecule has 0 unspecified atom stereocenters. The molecule has 0 aliphatic heterocycles. The first-order chi connectivity index (χ1) is 71.4. The van der Waals surface area contributed by atoms with E-state index in [9.17, 15) is 0 Å². The summed E-state index contributed by atoms with van der Waals surface area (Å²) < 4.78 is 7.35. The number of benzene rings is 21. The standard InChI is InChI=1S/C53H40N4.C46H37N.C42H35N/c1-52(2)44-29-26-34-15-10-11-19-40(34)48(44)43-32-47-42(31-45(43)53(52,3)4)41-20-12-13-21-46(41)57(47)39-27-24-36(25-28-39)50-54-49(35-16-6-5-7-17-35)55-51(56-50)38-23-22-33-14-8-9-18-37(33)30-38;1-45(2)40-26-23-32-15-8-9-18-36(32)44(40)39-29-43-38(28-41(39)46(45,3)4)37-19-10-11-20-42(37)47(43)35-24-21-31(22-25-35)34-17-12-16-33(27-34)30-13-6-5-7-14-30;1-41(2)37-19-10-8-17-33(37)35-26-36-34-18-9-11-20-39(34)43(40(36)27-38(35)42(41,3)4)32-23-21-29(22-24-32)31-16-12-15-30(25-31)28-13-6-5-7-14-28/h5-32H,1-4H3;5-29H,1-4H3;5-27H,1-4H3. The zero-order valence-electron chi connectivity index (χ0n) is 85.1. The number of aromatic nitrogens is 6. The van der Waals surface area contributed by atoms with E-state index in [-0.39, 0.29) is 32.5 Å². The SMILES string of the molecule is CC1(C)c2cc3c4ccccc4n(-c4ccc(-c5cccc(-c6ccccc6)c5)cc4)c3cc2-c2c(ccc3ccccc23)C1(C)C.CC1(C)c2cc3c4ccccc4n(-c4ccc(-c5nc(-c6ccccc6)nc(-c6ccc7ccccc7c6)n5)cc4)c3cc2-c2c(ccc3ccccc23)C1(C)C.CC1(C)c2ccccc2-c2cc3c4ccccc4n(-c4ccc(-c5cccc(-c6ccccc6)c5)cc4)c3cc2C1(C)C. The fourth-order valence-electron chi connectivity index (χ4n) is 24.6. The van der Waals surface area contributed by atoms with E-state index >= 15 is 0 Å². The minimum Gasteiger partial charge on any atom is -0.309 e. The molecule has 147 heavy (non-hydrogen) atoms. The summed E-state index contributed by atoms with van der Waals surface area (Å²) in [6, 6.07) is 168. The number of para-hydroxylation sites is 3. The van der Waals surface area contributed by atoms with Gasteiger partial charge in [0.05, 0.1) is 33.1 Å². The normalized spacial score (nSPS) is 14.6. The van der Waals surface area contributed by atoms with Crippen LogP contribution < -0.4 is 0 Å². The molecule has 4 heterocycles. The number of fused-ring (bicyclic) bond motifs is 23. The van der Waals surface area contributed by atoms with E-state index in [0.29, 0.717) is 17.5 Å². The van der Waals surface area contributed by atoms with Gasteiger partial charge in [0.15, 0.2) is 17.5 Å². The van der Waals surface area contributed by atoms with Gasteiger partial charge in [0, 0.05) is 66.1 Å². The molecule has 4 aromatic heterocycles. The average molecular weight is 1890 g/mol. The number of hydrogen-bond acceptors (Lipinski definition) is 3. The van der Waals surface area contributed by atoms with Crippen LogP contribution in [0.3, 0.4) is 0 Å². The van der Waals surface area contributed by atoms with Crippen LogP contribution in [0.5, 0.6) is 0 Å². The lowest BCUT2D eigenvalue weighted by molar-refractivity contribution is 0.299. The van der Waals surface area contributed by atoms with Crippen LogP contribution in [0, 0.1) is 0 Å². The van der Waals surface area contributed by atoms with Gasteiger partial charge in [0.1, 0.15) is 0 Å². The molecule has 21 aromatic carbocycles. The Kier molecular flexibility index (Phi) is 20.9. The lowest BCUT2D eigenvalue weighted by Gasteiger charge is -2.48. The zero-order chi connectivity index (χ0) is 99.7. The first-order valence-corrected chi connectivity index (χ1v) is 51.8. The van der Waals surface area contributed by atoms with E-state index in [2.05, 4.69) is 540 Å². The molecule has 28 rings (SSSR count). The highest BCUT2D eigenvalue weighted by Crippen LogP contribution is 2.61. The topological polar surface area (TPSA) is 53.5 Å². The summed E-state index contributed by atoms with van der Waals surface area (Å²) >= 11 is 0. The summed E-state index contributed by atoms with van der Waals surface area (Å²) in [5, 5.41) is 15.3.